The van der Waals surface area contributed by atoms with Crippen LogP contribution in [0, 0.1) is 0 Å². The zero-order valence-corrected chi connectivity index (χ0v) is 9.52. The first kappa shape index (κ1) is 10.7. The number of rotatable bonds is 0. The van der Waals surface area contributed by atoms with Crippen LogP contribution in [0.5, 0.6) is 0 Å². The SMILES string of the molecule is CC(C)(C)N1CCN(C(N)=S)CC1. The molecule has 2 N–H and O–H groups in total. The average molecular weight is 201 g/mol. The van der Waals surface area contributed by atoms with Crippen LogP contribution in [0.2, 0.25) is 0 Å². The van der Waals surface area contributed by atoms with Crippen LogP contribution in [-0.4, -0.2) is 46.6 Å². The summed E-state index contributed by atoms with van der Waals surface area (Å²) in [7, 11) is 0. The van der Waals surface area contributed by atoms with Gasteiger partial charge in [-0.05, 0) is 33.0 Å². The van der Waals surface area contributed by atoms with Crippen molar-refractivity contribution in [2.45, 2.75) is 26.3 Å². The molecule has 3 nitrogen and oxygen atoms in total. The van der Waals surface area contributed by atoms with Crippen LogP contribution in [0.3, 0.4) is 0 Å². The zero-order chi connectivity index (χ0) is 10.1. The topological polar surface area (TPSA) is 32.5 Å². The van der Waals surface area contributed by atoms with Crippen LogP contribution in [0.15, 0.2) is 0 Å². The highest BCUT2D eigenvalue weighted by atomic mass is 32.1. The van der Waals surface area contributed by atoms with E-state index in [4.69, 9.17) is 18.0 Å². The highest BCUT2D eigenvalue weighted by Crippen LogP contribution is 2.15. The van der Waals surface area contributed by atoms with E-state index in [0.29, 0.717) is 5.11 Å². The Morgan fingerprint density at radius 2 is 1.62 bits per heavy atom. The van der Waals surface area contributed by atoms with Gasteiger partial charge in [-0.15, -0.1) is 0 Å². The van der Waals surface area contributed by atoms with E-state index >= 15 is 0 Å². The van der Waals surface area contributed by atoms with Gasteiger partial charge in [0.2, 0.25) is 0 Å². The Kier molecular flexibility index (Phi) is 3.14. The zero-order valence-electron chi connectivity index (χ0n) is 8.71. The molecule has 0 spiro atoms. The molecule has 1 fully saturated rings. The summed E-state index contributed by atoms with van der Waals surface area (Å²) in [5.41, 5.74) is 5.83. The molecule has 0 aromatic heterocycles. The lowest BCUT2D eigenvalue weighted by atomic mass is 10.1. The molecular formula is C9H19N3S. The maximum absolute atomic E-state index is 5.56. The molecule has 1 rings (SSSR count). The summed E-state index contributed by atoms with van der Waals surface area (Å²) >= 11 is 4.93. The van der Waals surface area contributed by atoms with Crippen LogP contribution in [0.4, 0.5) is 0 Å². The Bertz CT molecular complexity index is 190. The van der Waals surface area contributed by atoms with Gasteiger partial charge in [-0.1, -0.05) is 0 Å². The quantitative estimate of drug-likeness (QED) is 0.583. The second-order valence-electron chi connectivity index (χ2n) is 4.48. The lowest BCUT2D eigenvalue weighted by molar-refractivity contribution is 0.0888. The number of piperazine rings is 1. The van der Waals surface area contributed by atoms with Crippen LogP contribution >= 0.6 is 12.2 Å². The lowest BCUT2D eigenvalue weighted by Gasteiger charge is -2.42. The molecule has 4 heteroatoms. The van der Waals surface area contributed by atoms with E-state index in [9.17, 15) is 0 Å². The summed E-state index contributed by atoms with van der Waals surface area (Å²) in [5.74, 6) is 0. The highest BCUT2D eigenvalue weighted by Gasteiger charge is 2.25. The number of thiocarbonyl (C=S) groups is 1. The van der Waals surface area contributed by atoms with Gasteiger partial charge >= 0.3 is 0 Å². The summed E-state index contributed by atoms with van der Waals surface area (Å²) in [4.78, 5) is 4.53. The molecule has 0 saturated carbocycles. The molecule has 1 heterocycles. The number of hydrogen-bond acceptors (Lipinski definition) is 2. The number of nitrogens with two attached hydrogens (primary N) is 1. The second kappa shape index (κ2) is 3.80. The lowest BCUT2D eigenvalue weighted by Crippen LogP contribution is -2.55. The van der Waals surface area contributed by atoms with Crippen molar-refractivity contribution in [3.8, 4) is 0 Å². The largest absolute Gasteiger partial charge is 0.376 e. The van der Waals surface area contributed by atoms with Crippen molar-refractivity contribution in [3.63, 3.8) is 0 Å². The second-order valence-corrected chi connectivity index (χ2v) is 4.90. The minimum atomic E-state index is 0.266. The van der Waals surface area contributed by atoms with Gasteiger partial charge in [-0.2, -0.15) is 0 Å². The highest BCUT2D eigenvalue weighted by molar-refractivity contribution is 7.80. The Morgan fingerprint density at radius 3 is 1.92 bits per heavy atom. The monoisotopic (exact) mass is 201 g/mol. The molecule has 0 bridgehead atoms. The van der Waals surface area contributed by atoms with Crippen molar-refractivity contribution in [1.29, 1.82) is 0 Å². The van der Waals surface area contributed by atoms with Crippen molar-refractivity contribution in [1.82, 2.24) is 9.80 Å². The summed E-state index contributed by atoms with van der Waals surface area (Å²) in [6.07, 6.45) is 0. The molecule has 76 valence electrons. The van der Waals surface area contributed by atoms with Crippen molar-refractivity contribution < 1.29 is 0 Å². The third-order valence-electron chi connectivity index (χ3n) is 2.54. The van der Waals surface area contributed by atoms with Crippen molar-refractivity contribution in [2.75, 3.05) is 26.2 Å². The molecular weight excluding hydrogens is 182 g/mol. The molecule has 1 saturated heterocycles. The Labute approximate surface area is 85.9 Å². The fourth-order valence-corrected chi connectivity index (χ4v) is 1.78. The van der Waals surface area contributed by atoms with E-state index in [-0.39, 0.29) is 5.54 Å². The molecule has 0 aromatic rings. The molecule has 0 radical (unpaired) electrons. The van der Waals surface area contributed by atoms with Crippen LogP contribution < -0.4 is 5.73 Å². The van der Waals surface area contributed by atoms with E-state index in [1.165, 1.54) is 0 Å². The Hall–Kier alpha value is -0.350. The fraction of sp³-hybridized carbons (Fsp3) is 0.889. The van der Waals surface area contributed by atoms with Crippen LogP contribution in [-0.2, 0) is 0 Å². The van der Waals surface area contributed by atoms with Gasteiger partial charge in [0.15, 0.2) is 5.11 Å². The van der Waals surface area contributed by atoms with Gasteiger partial charge in [0.05, 0.1) is 0 Å². The number of nitrogens with zero attached hydrogens (tertiary/aromatic N) is 2. The van der Waals surface area contributed by atoms with E-state index in [1.807, 2.05) is 0 Å². The first-order chi connectivity index (χ1) is 5.91. The van der Waals surface area contributed by atoms with Gasteiger partial charge in [0.1, 0.15) is 0 Å². The first-order valence-electron chi connectivity index (χ1n) is 4.70. The van der Waals surface area contributed by atoms with Crippen molar-refractivity contribution in [2.24, 2.45) is 5.73 Å². The standard InChI is InChI=1S/C9H19N3S/c1-9(2,3)12-6-4-11(5-7-12)8(10)13/h4-7H2,1-3H3,(H2,10,13). The van der Waals surface area contributed by atoms with E-state index in [0.717, 1.165) is 26.2 Å². The maximum atomic E-state index is 5.56. The summed E-state index contributed by atoms with van der Waals surface area (Å²) in [5, 5.41) is 0.536. The fourth-order valence-electron chi connectivity index (χ4n) is 1.60. The maximum Gasteiger partial charge on any atom is 0.166 e. The summed E-state index contributed by atoms with van der Waals surface area (Å²) in [6, 6.07) is 0. The van der Waals surface area contributed by atoms with Gasteiger partial charge < -0.3 is 10.6 Å². The molecule has 13 heavy (non-hydrogen) atoms. The minimum absolute atomic E-state index is 0.266. The predicted molar refractivity (Wildman–Crippen MR) is 59.7 cm³/mol. The van der Waals surface area contributed by atoms with Crippen LogP contribution in [0.25, 0.3) is 0 Å². The van der Waals surface area contributed by atoms with Gasteiger partial charge in [0.25, 0.3) is 0 Å². The van der Waals surface area contributed by atoms with E-state index in [1.54, 1.807) is 0 Å². The smallest absolute Gasteiger partial charge is 0.166 e. The minimum Gasteiger partial charge on any atom is -0.376 e. The van der Waals surface area contributed by atoms with E-state index < -0.39 is 0 Å². The van der Waals surface area contributed by atoms with Crippen molar-refractivity contribution >= 4 is 17.3 Å². The Morgan fingerprint density at radius 1 is 1.15 bits per heavy atom. The number of hydrogen-bond donors (Lipinski definition) is 1. The van der Waals surface area contributed by atoms with Crippen LogP contribution in [0.1, 0.15) is 20.8 Å². The molecule has 1 aliphatic heterocycles. The van der Waals surface area contributed by atoms with Crippen molar-refractivity contribution in [3.05, 3.63) is 0 Å². The van der Waals surface area contributed by atoms with Gasteiger partial charge in [-0.25, -0.2) is 0 Å². The molecule has 0 unspecified atom stereocenters. The summed E-state index contributed by atoms with van der Waals surface area (Å²) in [6.45, 7) is 10.8. The molecule has 0 aromatic carbocycles. The average Bonchev–Trinajstić information content (AvgIpc) is 2.03. The Balaban J connectivity index is 2.44. The molecule has 0 atom stereocenters. The van der Waals surface area contributed by atoms with Gasteiger partial charge in [-0.3, -0.25) is 4.90 Å². The molecule has 0 amide bonds. The molecule has 1 aliphatic rings. The van der Waals surface area contributed by atoms with E-state index in [2.05, 4.69) is 30.6 Å². The summed E-state index contributed by atoms with van der Waals surface area (Å²) < 4.78 is 0. The van der Waals surface area contributed by atoms with Gasteiger partial charge in [0, 0.05) is 31.7 Å². The third kappa shape index (κ3) is 2.81. The first-order valence-corrected chi connectivity index (χ1v) is 5.11. The molecule has 0 aliphatic carbocycles. The third-order valence-corrected chi connectivity index (χ3v) is 2.80. The normalized spacial score (nSPS) is 20.4. The predicted octanol–water partition coefficient (Wildman–Crippen LogP) is 0.646.